The van der Waals surface area contributed by atoms with Crippen molar-refractivity contribution < 1.29 is 4.79 Å². The third-order valence-corrected chi connectivity index (χ3v) is 6.30. The number of carbonyl (C=O) groups is 1. The Labute approximate surface area is 153 Å². The average molecular weight is 356 g/mol. The van der Waals surface area contributed by atoms with Crippen LogP contribution in [0, 0.1) is 6.92 Å². The highest BCUT2D eigenvalue weighted by atomic mass is 32.1. The van der Waals surface area contributed by atoms with E-state index in [0.29, 0.717) is 17.5 Å². The Hall–Kier alpha value is -1.75. The first-order valence-electron chi connectivity index (χ1n) is 9.39. The summed E-state index contributed by atoms with van der Waals surface area (Å²) in [5.74, 6) is 1.56. The van der Waals surface area contributed by atoms with E-state index in [2.05, 4.69) is 32.4 Å². The van der Waals surface area contributed by atoms with Gasteiger partial charge in [0, 0.05) is 29.6 Å². The van der Waals surface area contributed by atoms with E-state index in [-0.39, 0.29) is 5.91 Å². The second kappa shape index (κ2) is 7.24. The summed E-state index contributed by atoms with van der Waals surface area (Å²) < 4.78 is 0. The van der Waals surface area contributed by atoms with Crippen molar-refractivity contribution in [2.45, 2.75) is 63.8 Å². The molecule has 5 heteroatoms. The molecule has 4 nitrogen and oxygen atoms in total. The van der Waals surface area contributed by atoms with Crippen molar-refractivity contribution in [3.05, 3.63) is 45.7 Å². The number of amides is 1. The first kappa shape index (κ1) is 16.7. The minimum absolute atomic E-state index is 0.121. The summed E-state index contributed by atoms with van der Waals surface area (Å²) in [5, 5.41) is 2.13. The van der Waals surface area contributed by atoms with Crippen molar-refractivity contribution in [2.24, 2.45) is 0 Å². The number of aryl methyl sites for hydroxylation is 2. The quantitative estimate of drug-likeness (QED) is 0.801. The third-order valence-electron chi connectivity index (χ3n) is 5.36. The van der Waals surface area contributed by atoms with E-state index in [1.54, 1.807) is 17.5 Å². The van der Waals surface area contributed by atoms with Crippen molar-refractivity contribution in [2.75, 3.05) is 6.54 Å². The maximum Gasteiger partial charge on any atom is 0.257 e. The van der Waals surface area contributed by atoms with E-state index >= 15 is 0 Å². The van der Waals surface area contributed by atoms with Crippen LogP contribution in [0.5, 0.6) is 0 Å². The van der Waals surface area contributed by atoms with Crippen molar-refractivity contribution >= 4 is 17.2 Å². The van der Waals surface area contributed by atoms with Crippen molar-refractivity contribution in [1.29, 1.82) is 0 Å². The van der Waals surface area contributed by atoms with Gasteiger partial charge in [0.05, 0.1) is 11.3 Å². The normalized spacial score (nSPS) is 20.7. The molecule has 2 aromatic rings. The fourth-order valence-electron chi connectivity index (χ4n) is 3.72. The second-order valence-corrected chi connectivity index (χ2v) is 8.30. The van der Waals surface area contributed by atoms with Gasteiger partial charge in [-0.1, -0.05) is 6.07 Å². The Morgan fingerprint density at radius 3 is 2.92 bits per heavy atom. The number of carbonyl (C=O) groups excluding carboxylic acids is 1. The van der Waals surface area contributed by atoms with E-state index in [1.807, 2.05) is 6.92 Å². The van der Waals surface area contributed by atoms with Crippen LogP contribution in [0.2, 0.25) is 0 Å². The zero-order valence-electron chi connectivity index (χ0n) is 14.8. The molecule has 4 rings (SSSR count). The van der Waals surface area contributed by atoms with Gasteiger partial charge in [-0.2, -0.15) is 0 Å². The van der Waals surface area contributed by atoms with Crippen LogP contribution in [-0.2, 0) is 6.42 Å². The summed E-state index contributed by atoms with van der Waals surface area (Å²) in [6.07, 6.45) is 9.67. The van der Waals surface area contributed by atoms with Gasteiger partial charge < -0.3 is 4.90 Å². The molecule has 2 aliphatic rings. The first-order chi connectivity index (χ1) is 12.2. The molecular formula is C20H25N3OS. The fourth-order valence-corrected chi connectivity index (χ4v) is 4.44. The van der Waals surface area contributed by atoms with Gasteiger partial charge in [-0.3, -0.25) is 4.79 Å². The van der Waals surface area contributed by atoms with Crippen LogP contribution < -0.4 is 0 Å². The zero-order chi connectivity index (χ0) is 17.2. The lowest BCUT2D eigenvalue weighted by atomic mass is 9.96. The number of aromatic nitrogens is 2. The smallest absolute Gasteiger partial charge is 0.257 e. The molecule has 1 saturated heterocycles. The van der Waals surface area contributed by atoms with Gasteiger partial charge in [0.2, 0.25) is 0 Å². The summed E-state index contributed by atoms with van der Waals surface area (Å²) >= 11 is 1.81. The summed E-state index contributed by atoms with van der Waals surface area (Å²) in [6, 6.07) is 4.63. The monoisotopic (exact) mass is 355 g/mol. The van der Waals surface area contributed by atoms with Crippen LogP contribution in [-0.4, -0.2) is 33.4 Å². The maximum atomic E-state index is 13.1. The number of hydrogen-bond donors (Lipinski definition) is 0. The molecule has 1 aliphatic carbocycles. The highest BCUT2D eigenvalue weighted by molar-refractivity contribution is 7.09. The predicted molar refractivity (Wildman–Crippen MR) is 100 cm³/mol. The number of thiophene rings is 1. The first-order valence-corrected chi connectivity index (χ1v) is 10.3. The largest absolute Gasteiger partial charge is 0.336 e. The molecule has 0 unspecified atom stereocenters. The van der Waals surface area contributed by atoms with E-state index in [9.17, 15) is 4.79 Å². The van der Waals surface area contributed by atoms with Crippen molar-refractivity contribution in [1.82, 2.24) is 14.9 Å². The van der Waals surface area contributed by atoms with Crippen LogP contribution in [0.3, 0.4) is 0 Å². The van der Waals surface area contributed by atoms with Crippen LogP contribution >= 0.6 is 11.3 Å². The molecule has 0 aromatic carbocycles. The Kier molecular flexibility index (Phi) is 4.84. The molecule has 1 amide bonds. The lowest BCUT2D eigenvalue weighted by molar-refractivity contribution is 0.0600. The Morgan fingerprint density at radius 1 is 1.32 bits per heavy atom. The lowest BCUT2D eigenvalue weighted by Gasteiger charge is -2.36. The molecular weight excluding hydrogens is 330 g/mol. The minimum atomic E-state index is 0.121. The Balaban J connectivity index is 1.48. The third kappa shape index (κ3) is 3.76. The number of likely N-dealkylation sites (tertiary alicyclic amines) is 1. The van der Waals surface area contributed by atoms with E-state index in [0.717, 1.165) is 43.7 Å². The van der Waals surface area contributed by atoms with E-state index in [1.165, 1.54) is 24.1 Å². The number of nitrogens with zero attached hydrogens (tertiary/aromatic N) is 3. The van der Waals surface area contributed by atoms with Gasteiger partial charge >= 0.3 is 0 Å². The van der Waals surface area contributed by atoms with Crippen molar-refractivity contribution in [3.8, 4) is 0 Å². The number of rotatable bonds is 5. The minimum Gasteiger partial charge on any atom is -0.336 e. The lowest BCUT2D eigenvalue weighted by Crippen LogP contribution is -2.44. The average Bonchev–Trinajstić information content (AvgIpc) is 3.36. The summed E-state index contributed by atoms with van der Waals surface area (Å²) in [5.41, 5.74) is 1.52. The molecule has 1 saturated carbocycles. The van der Waals surface area contributed by atoms with Gasteiger partial charge in [0.15, 0.2) is 0 Å². The summed E-state index contributed by atoms with van der Waals surface area (Å²) in [6.45, 7) is 2.81. The van der Waals surface area contributed by atoms with Gasteiger partial charge in [-0.15, -0.1) is 11.3 Å². The molecule has 1 aliphatic heterocycles. The maximum absolute atomic E-state index is 13.1. The Morgan fingerprint density at radius 2 is 2.20 bits per heavy atom. The van der Waals surface area contributed by atoms with Gasteiger partial charge in [0.25, 0.3) is 5.91 Å². The molecule has 0 spiro atoms. The molecule has 2 fully saturated rings. The second-order valence-electron chi connectivity index (χ2n) is 7.27. The standard InChI is InChI=1S/C20H25N3OS/c1-14-18(13-21-19(22-14)15-7-8-15)20(24)23-11-3-2-5-16(23)9-10-17-6-4-12-25-17/h4,6,12-13,15-16H,2-3,5,7-11H2,1H3/t16-/m1/s1. The molecule has 0 N–H and O–H groups in total. The molecule has 132 valence electrons. The van der Waals surface area contributed by atoms with E-state index < -0.39 is 0 Å². The summed E-state index contributed by atoms with van der Waals surface area (Å²) in [7, 11) is 0. The Bertz CT molecular complexity index is 739. The van der Waals surface area contributed by atoms with E-state index in [4.69, 9.17) is 0 Å². The zero-order valence-corrected chi connectivity index (χ0v) is 15.6. The highest BCUT2D eigenvalue weighted by Gasteiger charge is 2.30. The fraction of sp³-hybridized carbons (Fsp3) is 0.550. The van der Waals surface area contributed by atoms with Gasteiger partial charge in [-0.25, -0.2) is 9.97 Å². The van der Waals surface area contributed by atoms with Crippen LogP contribution in [0.1, 0.15) is 71.2 Å². The van der Waals surface area contributed by atoms with Crippen molar-refractivity contribution in [3.63, 3.8) is 0 Å². The van der Waals surface area contributed by atoms with Crippen LogP contribution in [0.4, 0.5) is 0 Å². The summed E-state index contributed by atoms with van der Waals surface area (Å²) in [4.78, 5) is 25.7. The number of piperidine rings is 1. The molecule has 0 radical (unpaired) electrons. The molecule has 25 heavy (non-hydrogen) atoms. The molecule has 2 aromatic heterocycles. The van der Waals surface area contributed by atoms with Crippen LogP contribution in [0.25, 0.3) is 0 Å². The molecule has 0 bridgehead atoms. The highest BCUT2D eigenvalue weighted by Crippen LogP contribution is 2.38. The molecule has 1 atom stereocenters. The van der Waals surface area contributed by atoms with Gasteiger partial charge in [-0.05, 0) is 63.3 Å². The number of hydrogen-bond acceptors (Lipinski definition) is 4. The topological polar surface area (TPSA) is 46.1 Å². The van der Waals surface area contributed by atoms with Gasteiger partial charge in [0.1, 0.15) is 5.82 Å². The predicted octanol–water partition coefficient (Wildman–Crippen LogP) is 4.35. The van der Waals surface area contributed by atoms with Crippen LogP contribution in [0.15, 0.2) is 23.7 Å². The SMILES string of the molecule is Cc1nc(C2CC2)ncc1C(=O)N1CCCC[C@@H]1CCc1cccs1. The molecule has 3 heterocycles.